The highest BCUT2D eigenvalue weighted by molar-refractivity contribution is 5.96. The van der Waals surface area contributed by atoms with Crippen LogP contribution in [-0.4, -0.2) is 43.5 Å². The summed E-state index contributed by atoms with van der Waals surface area (Å²) in [7, 11) is 1.63. The number of amides is 2. The first kappa shape index (κ1) is 20.9. The summed E-state index contributed by atoms with van der Waals surface area (Å²) in [5.74, 6) is 0.849. The van der Waals surface area contributed by atoms with Gasteiger partial charge in [0.2, 0.25) is 5.91 Å². The van der Waals surface area contributed by atoms with Gasteiger partial charge in [0, 0.05) is 31.1 Å². The van der Waals surface area contributed by atoms with Gasteiger partial charge in [-0.15, -0.1) is 0 Å². The second-order valence-electron chi connectivity index (χ2n) is 8.15. The molecule has 3 rings (SSSR count). The molecule has 0 aliphatic carbocycles. The Labute approximate surface area is 173 Å². The molecule has 154 valence electrons. The molecule has 2 atom stereocenters. The van der Waals surface area contributed by atoms with Crippen molar-refractivity contribution in [2.45, 2.75) is 26.7 Å². The van der Waals surface area contributed by atoms with E-state index in [2.05, 4.69) is 19.2 Å². The number of ether oxygens (including phenoxy) is 1. The first-order chi connectivity index (χ1) is 13.9. The van der Waals surface area contributed by atoms with Crippen molar-refractivity contribution in [2.24, 2.45) is 11.8 Å². The van der Waals surface area contributed by atoms with Gasteiger partial charge < -0.3 is 15.0 Å². The largest absolute Gasteiger partial charge is 0.497 e. The third kappa shape index (κ3) is 4.78. The van der Waals surface area contributed by atoms with E-state index in [9.17, 15) is 9.59 Å². The Balaban J connectivity index is 1.85. The normalized spacial score (nSPS) is 18.7. The van der Waals surface area contributed by atoms with Crippen LogP contribution in [-0.2, 0) is 4.79 Å². The molecule has 1 N–H and O–H groups in total. The van der Waals surface area contributed by atoms with E-state index in [1.807, 2.05) is 60.4 Å². The van der Waals surface area contributed by atoms with Crippen molar-refractivity contribution in [3.05, 3.63) is 65.2 Å². The van der Waals surface area contributed by atoms with Gasteiger partial charge in [0.05, 0.1) is 13.0 Å². The maximum absolute atomic E-state index is 13.2. The molecule has 0 bridgehead atoms. The lowest BCUT2D eigenvalue weighted by atomic mass is 9.88. The van der Waals surface area contributed by atoms with Crippen molar-refractivity contribution in [2.75, 3.05) is 26.7 Å². The summed E-state index contributed by atoms with van der Waals surface area (Å²) in [6.45, 7) is 7.67. The summed E-state index contributed by atoms with van der Waals surface area (Å²) in [5, 5.41) is 3.06. The van der Waals surface area contributed by atoms with Crippen LogP contribution in [0.3, 0.4) is 0 Å². The molecule has 2 unspecified atom stereocenters. The number of benzene rings is 2. The molecule has 0 saturated carbocycles. The molecule has 0 spiro atoms. The van der Waals surface area contributed by atoms with Crippen LogP contribution in [0.15, 0.2) is 48.5 Å². The summed E-state index contributed by atoms with van der Waals surface area (Å²) in [4.78, 5) is 27.9. The highest BCUT2D eigenvalue weighted by atomic mass is 16.5. The van der Waals surface area contributed by atoms with Crippen LogP contribution in [0.4, 0.5) is 0 Å². The summed E-state index contributed by atoms with van der Waals surface area (Å²) in [6, 6.07) is 15.4. The van der Waals surface area contributed by atoms with Crippen molar-refractivity contribution >= 4 is 11.8 Å². The maximum Gasteiger partial charge on any atom is 0.254 e. The third-order valence-electron chi connectivity index (χ3n) is 5.55. The molecule has 1 aliphatic rings. The average molecular weight is 395 g/mol. The Morgan fingerprint density at radius 1 is 1.10 bits per heavy atom. The number of hydrogen-bond donors (Lipinski definition) is 1. The van der Waals surface area contributed by atoms with Crippen LogP contribution >= 0.6 is 0 Å². The molecule has 2 aromatic carbocycles. The Kier molecular flexibility index (Phi) is 6.57. The molecular weight excluding hydrogens is 364 g/mol. The first-order valence-electron chi connectivity index (χ1n) is 10.2. The number of aryl methyl sites for hydroxylation is 1. The molecular formula is C24H30N2O3. The number of rotatable bonds is 6. The summed E-state index contributed by atoms with van der Waals surface area (Å²) >= 11 is 0. The number of nitrogens with zero attached hydrogens (tertiary/aromatic N) is 1. The van der Waals surface area contributed by atoms with Gasteiger partial charge in [-0.2, -0.15) is 0 Å². The van der Waals surface area contributed by atoms with Crippen LogP contribution in [0.25, 0.3) is 0 Å². The summed E-state index contributed by atoms with van der Waals surface area (Å²) in [6.07, 6.45) is 0. The number of likely N-dealkylation sites (tertiary alicyclic amines) is 1. The van der Waals surface area contributed by atoms with Crippen molar-refractivity contribution in [3.63, 3.8) is 0 Å². The SMILES string of the molecule is COc1ccc(C2CN(C(=O)c3ccccc3C)CC2C(=O)NCC(C)C)cc1. The lowest BCUT2D eigenvalue weighted by molar-refractivity contribution is -0.125. The van der Waals surface area contributed by atoms with Gasteiger partial charge in [-0.25, -0.2) is 0 Å². The van der Waals surface area contributed by atoms with Gasteiger partial charge in [-0.05, 0) is 42.2 Å². The standard InChI is InChI=1S/C24H30N2O3/c1-16(2)13-25-23(27)22-15-26(24(28)20-8-6-5-7-17(20)3)14-21(22)18-9-11-19(29-4)12-10-18/h5-12,16,21-22H,13-15H2,1-4H3,(H,25,27). The zero-order valence-electron chi connectivity index (χ0n) is 17.6. The highest BCUT2D eigenvalue weighted by Crippen LogP contribution is 2.34. The predicted molar refractivity (Wildman–Crippen MR) is 114 cm³/mol. The second kappa shape index (κ2) is 9.12. The molecule has 0 aromatic heterocycles. The number of methoxy groups -OCH3 is 1. The quantitative estimate of drug-likeness (QED) is 0.814. The zero-order valence-corrected chi connectivity index (χ0v) is 17.6. The average Bonchev–Trinajstić information content (AvgIpc) is 3.17. The molecule has 1 saturated heterocycles. The van der Waals surface area contributed by atoms with Crippen LogP contribution in [0.2, 0.25) is 0 Å². The van der Waals surface area contributed by atoms with Crippen molar-refractivity contribution in [3.8, 4) is 5.75 Å². The van der Waals surface area contributed by atoms with E-state index >= 15 is 0 Å². The fourth-order valence-corrected chi connectivity index (χ4v) is 3.84. The molecule has 5 heteroatoms. The van der Waals surface area contributed by atoms with Crippen LogP contribution in [0.1, 0.15) is 41.3 Å². The van der Waals surface area contributed by atoms with E-state index in [1.54, 1.807) is 7.11 Å². The van der Waals surface area contributed by atoms with Crippen molar-refractivity contribution < 1.29 is 14.3 Å². The summed E-state index contributed by atoms with van der Waals surface area (Å²) < 4.78 is 5.26. The van der Waals surface area contributed by atoms with E-state index in [4.69, 9.17) is 4.74 Å². The van der Waals surface area contributed by atoms with Crippen LogP contribution in [0, 0.1) is 18.8 Å². The minimum Gasteiger partial charge on any atom is -0.497 e. The molecule has 29 heavy (non-hydrogen) atoms. The summed E-state index contributed by atoms with van der Waals surface area (Å²) in [5.41, 5.74) is 2.70. The van der Waals surface area contributed by atoms with E-state index < -0.39 is 0 Å². The van der Waals surface area contributed by atoms with E-state index in [0.29, 0.717) is 31.1 Å². The van der Waals surface area contributed by atoms with Crippen molar-refractivity contribution in [1.29, 1.82) is 0 Å². The highest BCUT2D eigenvalue weighted by Gasteiger charge is 2.40. The Morgan fingerprint density at radius 2 is 1.79 bits per heavy atom. The van der Waals surface area contributed by atoms with E-state index in [1.165, 1.54) is 0 Å². The Hall–Kier alpha value is -2.82. The fourth-order valence-electron chi connectivity index (χ4n) is 3.84. The second-order valence-corrected chi connectivity index (χ2v) is 8.15. The van der Waals surface area contributed by atoms with Gasteiger partial charge in [-0.1, -0.05) is 44.2 Å². The molecule has 2 aromatic rings. The molecule has 1 fully saturated rings. The van der Waals surface area contributed by atoms with E-state index in [-0.39, 0.29) is 23.7 Å². The molecule has 1 heterocycles. The first-order valence-corrected chi connectivity index (χ1v) is 10.2. The van der Waals surface area contributed by atoms with Gasteiger partial charge in [0.25, 0.3) is 5.91 Å². The molecule has 0 radical (unpaired) electrons. The Bertz CT molecular complexity index is 861. The van der Waals surface area contributed by atoms with Gasteiger partial charge in [0.1, 0.15) is 5.75 Å². The van der Waals surface area contributed by atoms with Gasteiger partial charge in [0.15, 0.2) is 0 Å². The number of carbonyl (C=O) groups is 2. The third-order valence-corrected chi connectivity index (χ3v) is 5.55. The van der Waals surface area contributed by atoms with Crippen LogP contribution in [0.5, 0.6) is 5.75 Å². The minimum atomic E-state index is -0.268. The number of hydrogen-bond acceptors (Lipinski definition) is 3. The fraction of sp³-hybridized carbons (Fsp3) is 0.417. The molecule has 5 nitrogen and oxygen atoms in total. The minimum absolute atomic E-state index is 0.0132. The van der Waals surface area contributed by atoms with Gasteiger partial charge >= 0.3 is 0 Å². The van der Waals surface area contributed by atoms with E-state index in [0.717, 1.165) is 16.9 Å². The molecule has 1 aliphatic heterocycles. The lowest BCUT2D eigenvalue weighted by Gasteiger charge is -2.19. The topological polar surface area (TPSA) is 58.6 Å². The molecule has 2 amide bonds. The van der Waals surface area contributed by atoms with Crippen LogP contribution < -0.4 is 10.1 Å². The lowest BCUT2D eigenvalue weighted by Crippen LogP contribution is -2.37. The predicted octanol–water partition coefficient (Wildman–Crippen LogP) is 3.63. The zero-order chi connectivity index (χ0) is 21.0. The number of nitrogens with one attached hydrogen (secondary N) is 1. The maximum atomic E-state index is 13.2. The van der Waals surface area contributed by atoms with Crippen molar-refractivity contribution in [1.82, 2.24) is 10.2 Å². The monoisotopic (exact) mass is 394 g/mol. The van der Waals surface area contributed by atoms with Gasteiger partial charge in [-0.3, -0.25) is 9.59 Å². The Morgan fingerprint density at radius 3 is 2.41 bits per heavy atom. The number of carbonyl (C=O) groups excluding carboxylic acids is 2. The smallest absolute Gasteiger partial charge is 0.254 e.